The zero-order valence-electron chi connectivity index (χ0n) is 18.1. The Morgan fingerprint density at radius 3 is 2.00 bits per heavy atom. The van der Waals surface area contributed by atoms with Crippen LogP contribution in [0, 0.1) is 0 Å². The van der Waals surface area contributed by atoms with Crippen LogP contribution in [0.5, 0.6) is 0 Å². The molecular weight excluding hydrogens is 350 g/mol. The Morgan fingerprint density at radius 1 is 0.655 bits per heavy atom. The number of hydrogen-bond donors (Lipinski definition) is 1. The highest BCUT2D eigenvalue weighted by molar-refractivity contribution is 5.94. The lowest BCUT2D eigenvalue weighted by Gasteiger charge is -2.21. The first-order chi connectivity index (χ1) is 14.3. The summed E-state index contributed by atoms with van der Waals surface area (Å²) in [6, 6.07) is 23.9. The van der Waals surface area contributed by atoms with Crippen LogP contribution in [0.25, 0.3) is 10.8 Å². The van der Waals surface area contributed by atoms with Crippen LogP contribution in [0.1, 0.15) is 88.2 Å². The van der Waals surface area contributed by atoms with Crippen molar-refractivity contribution >= 4 is 16.5 Å². The lowest BCUT2D eigenvalue weighted by molar-refractivity contribution is 0.545. The van der Waals surface area contributed by atoms with Crippen molar-refractivity contribution in [3.63, 3.8) is 0 Å². The molecule has 0 spiro atoms. The van der Waals surface area contributed by atoms with Gasteiger partial charge in [0.05, 0.1) is 0 Å². The molecule has 2 N–H and O–H groups in total. The fourth-order valence-electron chi connectivity index (χ4n) is 4.46. The van der Waals surface area contributed by atoms with E-state index in [1.807, 2.05) is 0 Å². The molecule has 0 saturated carbocycles. The molecule has 3 rings (SSSR count). The average Bonchev–Trinajstić information content (AvgIpc) is 2.77. The number of nitrogens with two attached hydrogens (primary N) is 1. The molecule has 0 radical (unpaired) electrons. The van der Waals surface area contributed by atoms with Crippen LogP contribution in [0.15, 0.2) is 66.7 Å². The first kappa shape index (κ1) is 21.4. The molecule has 0 aliphatic rings. The second kappa shape index (κ2) is 11.7. The minimum atomic E-state index is 0.380. The van der Waals surface area contributed by atoms with Crippen molar-refractivity contribution in [3.05, 3.63) is 77.9 Å². The molecule has 0 fully saturated rings. The monoisotopic (exact) mass is 387 g/mol. The van der Waals surface area contributed by atoms with E-state index in [4.69, 9.17) is 5.73 Å². The minimum Gasteiger partial charge on any atom is -0.398 e. The average molecular weight is 388 g/mol. The zero-order chi connectivity index (χ0) is 20.3. The molecule has 3 aromatic rings. The molecule has 154 valence electrons. The van der Waals surface area contributed by atoms with Gasteiger partial charge in [-0.1, -0.05) is 131 Å². The van der Waals surface area contributed by atoms with Crippen molar-refractivity contribution in [2.75, 3.05) is 5.73 Å². The smallest absolute Gasteiger partial charge is 0.0432 e. The van der Waals surface area contributed by atoms with Crippen molar-refractivity contribution in [1.29, 1.82) is 0 Å². The zero-order valence-corrected chi connectivity index (χ0v) is 18.1. The Morgan fingerprint density at radius 2 is 1.28 bits per heavy atom. The summed E-state index contributed by atoms with van der Waals surface area (Å²) in [4.78, 5) is 0. The number of anilines is 1. The summed E-state index contributed by atoms with van der Waals surface area (Å²) in [5, 5.41) is 2.40. The number of nitrogen functional groups attached to an aromatic ring is 1. The normalized spacial score (nSPS) is 12.3. The molecule has 0 saturated heterocycles. The molecule has 1 unspecified atom stereocenters. The summed E-state index contributed by atoms with van der Waals surface area (Å²) in [7, 11) is 0. The van der Waals surface area contributed by atoms with E-state index in [-0.39, 0.29) is 0 Å². The molecule has 3 aromatic carbocycles. The Hall–Kier alpha value is -2.28. The summed E-state index contributed by atoms with van der Waals surface area (Å²) in [6.45, 7) is 2.28. The lowest BCUT2D eigenvalue weighted by Crippen LogP contribution is -2.05. The second-order valence-electron chi connectivity index (χ2n) is 8.37. The van der Waals surface area contributed by atoms with E-state index in [0.717, 1.165) is 5.69 Å². The number of benzene rings is 3. The maximum atomic E-state index is 6.67. The maximum Gasteiger partial charge on any atom is 0.0432 e. The Labute approximate surface area is 177 Å². The van der Waals surface area contributed by atoms with Gasteiger partial charge in [0.25, 0.3) is 0 Å². The van der Waals surface area contributed by atoms with E-state index in [1.165, 1.54) is 86.1 Å². The van der Waals surface area contributed by atoms with E-state index in [9.17, 15) is 0 Å². The van der Waals surface area contributed by atoms with E-state index in [0.29, 0.717) is 5.92 Å². The molecule has 0 heterocycles. The molecule has 29 heavy (non-hydrogen) atoms. The molecular formula is C28H37N. The molecule has 1 atom stereocenters. The van der Waals surface area contributed by atoms with Crippen molar-refractivity contribution in [2.45, 2.75) is 77.0 Å². The first-order valence-electron chi connectivity index (χ1n) is 11.6. The van der Waals surface area contributed by atoms with Gasteiger partial charge >= 0.3 is 0 Å². The van der Waals surface area contributed by atoms with Crippen molar-refractivity contribution < 1.29 is 0 Å². The minimum absolute atomic E-state index is 0.380. The van der Waals surface area contributed by atoms with Gasteiger partial charge in [-0.25, -0.2) is 0 Å². The van der Waals surface area contributed by atoms with Gasteiger partial charge in [0.1, 0.15) is 0 Å². The molecule has 0 amide bonds. The molecule has 0 aromatic heterocycles. The number of unbranched alkanes of at least 4 members (excludes halogenated alkanes) is 8. The fourth-order valence-corrected chi connectivity index (χ4v) is 4.46. The highest BCUT2D eigenvalue weighted by Crippen LogP contribution is 2.37. The topological polar surface area (TPSA) is 26.0 Å². The molecule has 0 bridgehead atoms. The Kier molecular flexibility index (Phi) is 8.61. The highest BCUT2D eigenvalue weighted by atomic mass is 14.6. The van der Waals surface area contributed by atoms with Gasteiger partial charge < -0.3 is 5.73 Å². The molecule has 1 nitrogen and oxygen atoms in total. The van der Waals surface area contributed by atoms with Crippen LogP contribution in [-0.2, 0) is 0 Å². The standard InChI is InChI=1S/C28H37N/c1-2-3-4-5-6-7-8-9-13-19-25(23-16-11-10-12-17-23)27-22-21-24-18-14-15-20-26(24)28(27)29/h10-12,14-18,20-22,25H,2-9,13,19,29H2,1H3. The van der Waals surface area contributed by atoms with E-state index in [1.54, 1.807) is 0 Å². The Bertz CT molecular complexity index is 853. The van der Waals surface area contributed by atoms with Crippen molar-refractivity contribution in [3.8, 4) is 0 Å². The molecule has 0 aliphatic heterocycles. The van der Waals surface area contributed by atoms with Gasteiger partial charge in [-0.3, -0.25) is 0 Å². The van der Waals surface area contributed by atoms with Crippen LogP contribution in [-0.4, -0.2) is 0 Å². The lowest BCUT2D eigenvalue weighted by atomic mass is 9.84. The first-order valence-corrected chi connectivity index (χ1v) is 11.6. The summed E-state index contributed by atoms with van der Waals surface area (Å²) in [6.07, 6.45) is 13.5. The van der Waals surface area contributed by atoms with Crippen molar-refractivity contribution in [2.24, 2.45) is 0 Å². The third-order valence-corrected chi connectivity index (χ3v) is 6.18. The van der Waals surface area contributed by atoms with Gasteiger partial charge in [0.15, 0.2) is 0 Å². The molecule has 0 aliphatic carbocycles. The third-order valence-electron chi connectivity index (χ3n) is 6.18. The predicted molar refractivity (Wildman–Crippen MR) is 128 cm³/mol. The van der Waals surface area contributed by atoms with Crippen LogP contribution in [0.2, 0.25) is 0 Å². The Balaban J connectivity index is 1.64. The van der Waals surface area contributed by atoms with Gasteiger partial charge in [-0.05, 0) is 22.9 Å². The summed E-state index contributed by atoms with van der Waals surface area (Å²) < 4.78 is 0. The van der Waals surface area contributed by atoms with Gasteiger partial charge in [0, 0.05) is 17.0 Å². The summed E-state index contributed by atoms with van der Waals surface area (Å²) in [5.41, 5.74) is 10.3. The highest BCUT2D eigenvalue weighted by Gasteiger charge is 2.17. The van der Waals surface area contributed by atoms with Crippen LogP contribution >= 0.6 is 0 Å². The quantitative estimate of drug-likeness (QED) is 0.245. The van der Waals surface area contributed by atoms with Gasteiger partial charge in [-0.15, -0.1) is 0 Å². The van der Waals surface area contributed by atoms with Crippen LogP contribution < -0.4 is 5.73 Å². The summed E-state index contributed by atoms with van der Waals surface area (Å²) in [5.74, 6) is 0.380. The number of rotatable bonds is 12. The van der Waals surface area contributed by atoms with E-state index >= 15 is 0 Å². The SMILES string of the molecule is CCCCCCCCCCCC(c1ccccc1)c1ccc2ccccc2c1N. The summed E-state index contributed by atoms with van der Waals surface area (Å²) >= 11 is 0. The van der Waals surface area contributed by atoms with Crippen LogP contribution in [0.4, 0.5) is 5.69 Å². The maximum absolute atomic E-state index is 6.67. The number of hydrogen-bond acceptors (Lipinski definition) is 1. The third kappa shape index (κ3) is 6.10. The van der Waals surface area contributed by atoms with E-state index in [2.05, 4.69) is 73.7 Å². The number of fused-ring (bicyclic) bond motifs is 1. The van der Waals surface area contributed by atoms with Gasteiger partial charge in [-0.2, -0.15) is 0 Å². The van der Waals surface area contributed by atoms with Crippen LogP contribution in [0.3, 0.4) is 0 Å². The van der Waals surface area contributed by atoms with Crippen molar-refractivity contribution in [1.82, 2.24) is 0 Å². The van der Waals surface area contributed by atoms with E-state index < -0.39 is 0 Å². The largest absolute Gasteiger partial charge is 0.398 e. The fraction of sp³-hybridized carbons (Fsp3) is 0.429. The predicted octanol–water partition coefficient (Wildman–Crippen LogP) is 8.47. The van der Waals surface area contributed by atoms with Gasteiger partial charge in [0.2, 0.25) is 0 Å². The molecule has 1 heteroatoms. The second-order valence-corrected chi connectivity index (χ2v) is 8.37.